The summed E-state index contributed by atoms with van der Waals surface area (Å²) in [5.74, 6) is 0.378. The summed E-state index contributed by atoms with van der Waals surface area (Å²) >= 11 is 1.66. The summed E-state index contributed by atoms with van der Waals surface area (Å²) in [5, 5.41) is 0. The number of carbonyl (C=O) groups is 1. The van der Waals surface area contributed by atoms with Gasteiger partial charge >= 0.3 is 5.97 Å². The molecule has 0 aliphatic heterocycles. The molecular weight excluding hydrogens is 284 g/mol. The van der Waals surface area contributed by atoms with Crippen LogP contribution < -0.4 is 0 Å². The fraction of sp³-hybridized carbons (Fsp3) is 0.125. The van der Waals surface area contributed by atoms with Crippen LogP contribution in [0.5, 0.6) is 0 Å². The summed E-state index contributed by atoms with van der Waals surface area (Å²) in [6.45, 7) is 0. The van der Waals surface area contributed by atoms with Gasteiger partial charge in [0.15, 0.2) is 0 Å². The van der Waals surface area contributed by atoms with Crippen LogP contribution in [0.2, 0.25) is 0 Å². The van der Waals surface area contributed by atoms with Gasteiger partial charge < -0.3 is 9.72 Å². The molecule has 5 heteroatoms. The Labute approximate surface area is 126 Å². The van der Waals surface area contributed by atoms with E-state index in [9.17, 15) is 4.79 Å². The lowest BCUT2D eigenvalue weighted by atomic mass is 10.2. The zero-order valence-electron chi connectivity index (χ0n) is 11.7. The minimum absolute atomic E-state index is 0.378. The number of H-pyrrole nitrogens is 1. The van der Waals surface area contributed by atoms with Crippen LogP contribution in [0.3, 0.4) is 0 Å². The topological polar surface area (TPSA) is 55.0 Å². The Morgan fingerprint density at radius 2 is 2.00 bits per heavy atom. The number of aromatic amines is 1. The summed E-state index contributed by atoms with van der Waals surface area (Å²) in [6.07, 6.45) is 2.03. The fourth-order valence-corrected chi connectivity index (χ4v) is 2.87. The summed E-state index contributed by atoms with van der Waals surface area (Å²) in [4.78, 5) is 20.8. The van der Waals surface area contributed by atoms with Gasteiger partial charge in [-0.25, -0.2) is 9.78 Å². The number of methoxy groups -OCH3 is 1. The summed E-state index contributed by atoms with van der Waals surface area (Å²) in [5.41, 5.74) is 2.95. The van der Waals surface area contributed by atoms with Crippen LogP contribution in [-0.2, 0) is 4.74 Å². The van der Waals surface area contributed by atoms with Crippen LogP contribution in [0.25, 0.3) is 22.4 Å². The van der Waals surface area contributed by atoms with E-state index in [-0.39, 0.29) is 5.97 Å². The number of carbonyl (C=O) groups excluding carboxylic acids is 1. The van der Waals surface area contributed by atoms with E-state index in [0.29, 0.717) is 11.1 Å². The zero-order chi connectivity index (χ0) is 14.8. The van der Waals surface area contributed by atoms with Crippen molar-refractivity contribution in [3.8, 4) is 11.4 Å². The zero-order valence-corrected chi connectivity index (χ0v) is 12.5. The highest BCUT2D eigenvalue weighted by Gasteiger charge is 2.15. The van der Waals surface area contributed by atoms with Crippen LogP contribution in [-0.4, -0.2) is 29.3 Å². The average molecular weight is 298 g/mol. The maximum atomic E-state index is 11.8. The van der Waals surface area contributed by atoms with E-state index < -0.39 is 0 Å². The lowest BCUT2D eigenvalue weighted by molar-refractivity contribution is 0.0603. The number of nitrogens with zero attached hydrogens (tertiary/aromatic N) is 1. The van der Waals surface area contributed by atoms with Crippen LogP contribution in [0, 0.1) is 0 Å². The second kappa shape index (κ2) is 5.61. The van der Waals surface area contributed by atoms with Gasteiger partial charge in [0.2, 0.25) is 0 Å². The minimum Gasteiger partial charge on any atom is -0.465 e. The van der Waals surface area contributed by atoms with Crippen LogP contribution in [0.4, 0.5) is 0 Å². The quantitative estimate of drug-likeness (QED) is 0.591. The lowest BCUT2D eigenvalue weighted by Gasteiger charge is -2.03. The Bertz CT molecular complexity index is 811. The number of benzene rings is 2. The first kappa shape index (κ1) is 13.7. The van der Waals surface area contributed by atoms with Crippen molar-refractivity contribution in [2.45, 2.75) is 4.90 Å². The Kier molecular flexibility index (Phi) is 3.66. The number of rotatable bonds is 3. The van der Waals surface area contributed by atoms with Crippen molar-refractivity contribution in [1.82, 2.24) is 9.97 Å². The molecule has 0 radical (unpaired) electrons. The first-order valence-electron chi connectivity index (χ1n) is 6.45. The van der Waals surface area contributed by atoms with Gasteiger partial charge in [0, 0.05) is 10.5 Å². The first-order chi connectivity index (χ1) is 10.2. The molecule has 21 heavy (non-hydrogen) atoms. The molecule has 0 saturated heterocycles. The molecule has 0 saturated carbocycles. The van der Waals surface area contributed by atoms with Crippen molar-refractivity contribution >= 4 is 28.8 Å². The molecule has 0 amide bonds. The third-order valence-corrected chi connectivity index (χ3v) is 4.08. The van der Waals surface area contributed by atoms with Crippen molar-refractivity contribution in [2.75, 3.05) is 13.4 Å². The fourth-order valence-electron chi connectivity index (χ4n) is 2.27. The Hall–Kier alpha value is -2.27. The normalized spacial score (nSPS) is 10.8. The highest BCUT2D eigenvalue weighted by Crippen LogP contribution is 2.30. The lowest BCUT2D eigenvalue weighted by Crippen LogP contribution is -2.01. The summed E-state index contributed by atoms with van der Waals surface area (Å²) < 4.78 is 4.81. The highest BCUT2D eigenvalue weighted by molar-refractivity contribution is 7.98. The van der Waals surface area contributed by atoms with E-state index in [1.807, 2.05) is 36.6 Å². The molecule has 0 atom stereocenters. The Morgan fingerprint density at radius 1 is 1.19 bits per heavy atom. The molecule has 3 rings (SSSR count). The van der Waals surface area contributed by atoms with E-state index in [2.05, 4.69) is 16.0 Å². The molecule has 0 aliphatic carbocycles. The molecule has 0 fully saturated rings. The molecule has 0 spiro atoms. The SMILES string of the molecule is COC(=O)c1cccc2[nH]c(-c3ccccc3SC)nc12. The molecule has 0 bridgehead atoms. The number of hydrogen-bond acceptors (Lipinski definition) is 4. The first-order valence-corrected chi connectivity index (χ1v) is 7.67. The molecule has 3 aromatic rings. The van der Waals surface area contributed by atoms with Crippen LogP contribution in [0.15, 0.2) is 47.4 Å². The molecule has 0 aliphatic rings. The molecule has 2 aromatic carbocycles. The predicted molar refractivity (Wildman–Crippen MR) is 84.7 cm³/mol. The number of ether oxygens (including phenoxy) is 1. The predicted octanol–water partition coefficient (Wildman–Crippen LogP) is 3.74. The Balaban J connectivity index is 2.20. The standard InChI is InChI=1S/C16H14N2O2S/c1-20-16(19)11-7-5-8-12-14(11)18-15(17-12)10-6-3-4-9-13(10)21-2/h3-9H,1-2H3,(H,17,18). The van der Waals surface area contributed by atoms with Gasteiger partial charge in [-0.15, -0.1) is 11.8 Å². The van der Waals surface area contributed by atoms with Gasteiger partial charge in [-0.05, 0) is 24.5 Å². The molecule has 1 N–H and O–H groups in total. The van der Waals surface area contributed by atoms with E-state index in [0.717, 1.165) is 21.8 Å². The number of fused-ring (bicyclic) bond motifs is 1. The summed E-state index contributed by atoms with van der Waals surface area (Å²) in [6, 6.07) is 13.5. The van der Waals surface area contributed by atoms with Crippen LogP contribution >= 0.6 is 11.8 Å². The molecule has 106 valence electrons. The minimum atomic E-state index is -0.378. The number of thioether (sulfide) groups is 1. The molecule has 1 heterocycles. The van der Waals surface area contributed by atoms with Crippen molar-refractivity contribution in [3.63, 3.8) is 0 Å². The third-order valence-electron chi connectivity index (χ3n) is 3.28. The second-order valence-electron chi connectivity index (χ2n) is 4.48. The third kappa shape index (κ3) is 2.40. The second-order valence-corrected chi connectivity index (χ2v) is 5.33. The molecule has 1 aromatic heterocycles. The Morgan fingerprint density at radius 3 is 2.76 bits per heavy atom. The van der Waals surface area contributed by atoms with E-state index in [1.54, 1.807) is 17.8 Å². The van der Waals surface area contributed by atoms with E-state index in [4.69, 9.17) is 4.74 Å². The summed E-state index contributed by atoms with van der Waals surface area (Å²) in [7, 11) is 1.37. The average Bonchev–Trinajstić information content (AvgIpc) is 2.97. The van der Waals surface area contributed by atoms with Gasteiger partial charge in [-0.1, -0.05) is 24.3 Å². The van der Waals surface area contributed by atoms with Crippen molar-refractivity contribution < 1.29 is 9.53 Å². The smallest absolute Gasteiger partial charge is 0.340 e. The number of hydrogen-bond donors (Lipinski definition) is 1. The van der Waals surface area contributed by atoms with Crippen molar-refractivity contribution in [2.24, 2.45) is 0 Å². The van der Waals surface area contributed by atoms with Crippen molar-refractivity contribution in [1.29, 1.82) is 0 Å². The molecular formula is C16H14N2O2S. The van der Waals surface area contributed by atoms with Gasteiger partial charge in [0.1, 0.15) is 11.3 Å². The number of aromatic nitrogens is 2. The van der Waals surface area contributed by atoms with Gasteiger partial charge in [0.05, 0.1) is 18.2 Å². The van der Waals surface area contributed by atoms with Gasteiger partial charge in [0.25, 0.3) is 0 Å². The van der Waals surface area contributed by atoms with Gasteiger partial charge in [-0.3, -0.25) is 0 Å². The number of esters is 1. The maximum absolute atomic E-state index is 11.8. The van der Waals surface area contributed by atoms with Crippen molar-refractivity contribution in [3.05, 3.63) is 48.0 Å². The molecule has 4 nitrogen and oxygen atoms in total. The molecule has 0 unspecified atom stereocenters. The highest BCUT2D eigenvalue weighted by atomic mass is 32.2. The van der Waals surface area contributed by atoms with E-state index in [1.165, 1.54) is 7.11 Å². The number of para-hydroxylation sites is 1. The van der Waals surface area contributed by atoms with Gasteiger partial charge in [-0.2, -0.15) is 0 Å². The maximum Gasteiger partial charge on any atom is 0.340 e. The number of imidazole rings is 1. The van der Waals surface area contributed by atoms with E-state index >= 15 is 0 Å². The number of nitrogens with one attached hydrogen (secondary N) is 1. The largest absolute Gasteiger partial charge is 0.465 e. The van der Waals surface area contributed by atoms with Crippen LogP contribution in [0.1, 0.15) is 10.4 Å². The monoisotopic (exact) mass is 298 g/mol.